The molecule has 0 aromatic heterocycles. The summed E-state index contributed by atoms with van der Waals surface area (Å²) in [6, 6.07) is -0.453. The fourth-order valence-corrected chi connectivity index (χ4v) is 2.24. The lowest BCUT2D eigenvalue weighted by atomic mass is 9.92. The zero-order valence-electron chi connectivity index (χ0n) is 15.5. The van der Waals surface area contributed by atoms with Crippen LogP contribution in [-0.4, -0.2) is 53.9 Å². The van der Waals surface area contributed by atoms with Crippen molar-refractivity contribution >= 4 is 0 Å². The lowest BCUT2D eigenvalue weighted by Gasteiger charge is -2.30. The van der Waals surface area contributed by atoms with Gasteiger partial charge in [0.2, 0.25) is 0 Å². The maximum absolute atomic E-state index is 13.2. The standard InChI is InChI=1S/C16H29F7N2O/c1-11(2)24-9-5-7-13(4,26)8-6-12(3)25-10-14(17,18)15(19,20)16(21,22)23/h11-12,24-26H,5-10H2,1-4H3. The second-order valence-corrected chi connectivity index (χ2v) is 7.31. The molecule has 3 N–H and O–H groups in total. The van der Waals surface area contributed by atoms with Crippen LogP contribution >= 0.6 is 0 Å². The lowest BCUT2D eigenvalue weighted by Crippen LogP contribution is -2.57. The summed E-state index contributed by atoms with van der Waals surface area (Å²) < 4.78 is 88.2. The minimum Gasteiger partial charge on any atom is -0.390 e. The minimum atomic E-state index is -6.32. The Labute approximate surface area is 149 Å². The Morgan fingerprint density at radius 1 is 0.885 bits per heavy atom. The van der Waals surface area contributed by atoms with Crippen LogP contribution in [0.1, 0.15) is 53.4 Å². The first-order valence-electron chi connectivity index (χ1n) is 8.53. The van der Waals surface area contributed by atoms with E-state index in [1.54, 1.807) is 6.92 Å². The molecule has 0 bridgehead atoms. The zero-order valence-corrected chi connectivity index (χ0v) is 15.5. The molecule has 0 aromatic rings. The van der Waals surface area contributed by atoms with Crippen molar-refractivity contribution in [1.82, 2.24) is 10.6 Å². The van der Waals surface area contributed by atoms with Crippen molar-refractivity contribution in [2.24, 2.45) is 0 Å². The van der Waals surface area contributed by atoms with Crippen molar-refractivity contribution in [3.8, 4) is 0 Å². The molecule has 0 radical (unpaired) electrons. The third kappa shape index (κ3) is 8.39. The van der Waals surface area contributed by atoms with Gasteiger partial charge in [-0.15, -0.1) is 0 Å². The number of nitrogens with one attached hydrogen (secondary N) is 2. The van der Waals surface area contributed by atoms with E-state index in [-0.39, 0.29) is 12.8 Å². The van der Waals surface area contributed by atoms with Crippen molar-refractivity contribution < 1.29 is 35.8 Å². The molecule has 0 amide bonds. The van der Waals surface area contributed by atoms with Crippen LogP contribution in [0.4, 0.5) is 30.7 Å². The lowest BCUT2D eigenvalue weighted by molar-refractivity contribution is -0.352. The molecule has 0 aromatic carbocycles. The van der Waals surface area contributed by atoms with E-state index in [2.05, 4.69) is 5.32 Å². The maximum atomic E-state index is 13.2. The number of hydrogen-bond donors (Lipinski definition) is 3. The molecule has 2 atom stereocenters. The normalized spacial score (nSPS) is 17.4. The van der Waals surface area contributed by atoms with E-state index in [1.807, 2.05) is 19.2 Å². The average molecular weight is 398 g/mol. The Balaban J connectivity index is 4.35. The first kappa shape index (κ1) is 25.4. The molecule has 0 aliphatic carbocycles. The summed E-state index contributed by atoms with van der Waals surface area (Å²) in [5.74, 6) is -11.4. The second-order valence-electron chi connectivity index (χ2n) is 7.31. The van der Waals surface area contributed by atoms with Gasteiger partial charge in [-0.25, -0.2) is 0 Å². The van der Waals surface area contributed by atoms with Crippen LogP contribution in [0.15, 0.2) is 0 Å². The zero-order chi connectivity index (χ0) is 20.8. The Hall–Kier alpha value is -0.610. The Morgan fingerprint density at radius 2 is 1.42 bits per heavy atom. The number of rotatable bonds is 12. The number of aliphatic hydroxyl groups is 1. The molecule has 3 nitrogen and oxygen atoms in total. The van der Waals surface area contributed by atoms with E-state index in [0.717, 1.165) is 0 Å². The summed E-state index contributed by atoms with van der Waals surface area (Å²) in [7, 11) is 0. The van der Waals surface area contributed by atoms with Crippen LogP contribution < -0.4 is 10.6 Å². The molecule has 0 aliphatic heterocycles. The fraction of sp³-hybridized carbons (Fsp3) is 1.00. The minimum absolute atomic E-state index is 0.151. The van der Waals surface area contributed by atoms with Crippen LogP contribution in [0.25, 0.3) is 0 Å². The van der Waals surface area contributed by atoms with Gasteiger partial charge in [-0.2, -0.15) is 30.7 Å². The summed E-state index contributed by atoms with van der Waals surface area (Å²) >= 11 is 0. The molecule has 0 aliphatic rings. The Morgan fingerprint density at radius 3 is 1.88 bits per heavy atom. The molecule has 158 valence electrons. The molecular formula is C16H29F7N2O. The first-order chi connectivity index (χ1) is 11.5. The monoisotopic (exact) mass is 398 g/mol. The third-order valence-corrected chi connectivity index (χ3v) is 4.05. The van der Waals surface area contributed by atoms with Crippen LogP contribution in [0.5, 0.6) is 0 Å². The highest BCUT2D eigenvalue weighted by molar-refractivity contribution is 4.93. The van der Waals surface area contributed by atoms with Crippen LogP contribution in [0, 0.1) is 0 Å². The highest BCUT2D eigenvalue weighted by atomic mass is 19.4. The van der Waals surface area contributed by atoms with Gasteiger partial charge in [0, 0.05) is 12.1 Å². The van der Waals surface area contributed by atoms with E-state index < -0.39 is 36.2 Å². The van der Waals surface area contributed by atoms with Crippen molar-refractivity contribution in [2.75, 3.05) is 13.1 Å². The van der Waals surface area contributed by atoms with Gasteiger partial charge in [0.25, 0.3) is 0 Å². The SMILES string of the molecule is CC(C)NCCCC(C)(O)CCC(C)NCC(F)(F)C(F)(F)C(F)(F)F. The van der Waals surface area contributed by atoms with Gasteiger partial charge >= 0.3 is 18.0 Å². The highest BCUT2D eigenvalue weighted by Crippen LogP contribution is 2.46. The van der Waals surface area contributed by atoms with E-state index in [1.165, 1.54) is 6.92 Å². The topological polar surface area (TPSA) is 44.3 Å². The number of hydrogen-bond acceptors (Lipinski definition) is 3. The average Bonchev–Trinajstić information content (AvgIpc) is 2.46. The number of alkyl halides is 7. The van der Waals surface area contributed by atoms with E-state index >= 15 is 0 Å². The molecule has 0 saturated heterocycles. The van der Waals surface area contributed by atoms with E-state index in [9.17, 15) is 35.8 Å². The van der Waals surface area contributed by atoms with Gasteiger partial charge < -0.3 is 15.7 Å². The maximum Gasteiger partial charge on any atom is 0.459 e. The molecule has 0 rings (SSSR count). The van der Waals surface area contributed by atoms with E-state index in [0.29, 0.717) is 25.4 Å². The Bertz CT molecular complexity index is 412. The largest absolute Gasteiger partial charge is 0.459 e. The van der Waals surface area contributed by atoms with Crippen molar-refractivity contribution in [3.05, 3.63) is 0 Å². The van der Waals surface area contributed by atoms with Gasteiger partial charge in [-0.3, -0.25) is 0 Å². The summed E-state index contributed by atoms with van der Waals surface area (Å²) in [4.78, 5) is 0. The quantitative estimate of drug-likeness (QED) is 0.343. The number of halogens is 7. The predicted octanol–water partition coefficient (Wildman–Crippen LogP) is 4.11. The van der Waals surface area contributed by atoms with Gasteiger partial charge in [0.1, 0.15) is 0 Å². The predicted molar refractivity (Wildman–Crippen MR) is 85.6 cm³/mol. The molecule has 2 unspecified atom stereocenters. The fourth-order valence-electron chi connectivity index (χ4n) is 2.24. The molecule has 0 heterocycles. The second kappa shape index (κ2) is 9.54. The molecule has 26 heavy (non-hydrogen) atoms. The van der Waals surface area contributed by atoms with Crippen molar-refractivity contribution in [2.45, 2.75) is 89.1 Å². The highest BCUT2D eigenvalue weighted by Gasteiger charge is 2.72. The molecule has 0 fully saturated rings. The smallest absolute Gasteiger partial charge is 0.390 e. The van der Waals surface area contributed by atoms with Gasteiger partial charge in [-0.1, -0.05) is 13.8 Å². The summed E-state index contributed by atoms with van der Waals surface area (Å²) in [6.45, 7) is 5.80. The van der Waals surface area contributed by atoms with Gasteiger partial charge in [0.05, 0.1) is 12.1 Å². The van der Waals surface area contributed by atoms with E-state index in [4.69, 9.17) is 0 Å². The van der Waals surface area contributed by atoms with Crippen molar-refractivity contribution in [3.63, 3.8) is 0 Å². The summed E-state index contributed by atoms with van der Waals surface area (Å²) in [5, 5.41) is 15.4. The molecular weight excluding hydrogens is 369 g/mol. The summed E-state index contributed by atoms with van der Waals surface area (Å²) in [5.41, 5.74) is -1.08. The third-order valence-electron chi connectivity index (χ3n) is 4.05. The molecule has 10 heteroatoms. The van der Waals surface area contributed by atoms with Gasteiger partial charge in [0.15, 0.2) is 0 Å². The van der Waals surface area contributed by atoms with Crippen LogP contribution in [0.2, 0.25) is 0 Å². The van der Waals surface area contributed by atoms with Crippen molar-refractivity contribution in [1.29, 1.82) is 0 Å². The summed E-state index contributed by atoms with van der Waals surface area (Å²) in [6.07, 6.45) is -4.85. The molecule has 0 saturated carbocycles. The molecule has 0 spiro atoms. The van der Waals surface area contributed by atoms with Crippen LogP contribution in [0.3, 0.4) is 0 Å². The van der Waals surface area contributed by atoms with Crippen LogP contribution in [-0.2, 0) is 0 Å². The van der Waals surface area contributed by atoms with Gasteiger partial charge in [-0.05, 0) is 46.1 Å². The Kier molecular flexibility index (Phi) is 9.32. The first-order valence-corrected chi connectivity index (χ1v) is 8.53.